The fourth-order valence-corrected chi connectivity index (χ4v) is 1.41. The van der Waals surface area contributed by atoms with Crippen LogP contribution in [0.15, 0.2) is 24.3 Å². The van der Waals surface area contributed by atoms with Crippen molar-refractivity contribution in [3.05, 3.63) is 35.4 Å². The highest BCUT2D eigenvalue weighted by Crippen LogP contribution is 2.09. The van der Waals surface area contributed by atoms with Crippen LogP contribution in [0.25, 0.3) is 0 Å². The van der Waals surface area contributed by atoms with Gasteiger partial charge in [-0.15, -0.1) is 0 Å². The lowest BCUT2D eigenvalue weighted by molar-refractivity contribution is -0.186. The molecule has 1 heterocycles. The van der Waals surface area contributed by atoms with Crippen molar-refractivity contribution in [3.8, 4) is 0 Å². The third kappa shape index (κ3) is 2.81. The summed E-state index contributed by atoms with van der Waals surface area (Å²) in [7, 11) is 0. The maximum Gasteiger partial charge on any atom is 0.340 e. The van der Waals surface area contributed by atoms with Crippen molar-refractivity contribution in [2.24, 2.45) is 0 Å². The van der Waals surface area contributed by atoms with Crippen molar-refractivity contribution < 1.29 is 19.0 Å². The Morgan fingerprint density at radius 1 is 1.31 bits per heavy atom. The van der Waals surface area contributed by atoms with Gasteiger partial charge in [0.1, 0.15) is 6.61 Å². The lowest BCUT2D eigenvalue weighted by Gasteiger charge is -2.22. The minimum atomic E-state index is -0.581. The minimum Gasteiger partial charge on any atom is -0.430 e. The van der Waals surface area contributed by atoms with E-state index in [9.17, 15) is 4.79 Å². The van der Waals surface area contributed by atoms with Gasteiger partial charge in [0.2, 0.25) is 6.29 Å². The highest BCUT2D eigenvalue weighted by molar-refractivity contribution is 5.89. The molecule has 4 heteroatoms. The van der Waals surface area contributed by atoms with Crippen LogP contribution in [0.3, 0.4) is 0 Å². The molecule has 1 fully saturated rings. The Hall–Kier alpha value is -1.39. The molecule has 1 aromatic rings. The van der Waals surface area contributed by atoms with E-state index in [1.54, 1.807) is 12.1 Å². The zero-order valence-electron chi connectivity index (χ0n) is 9.14. The monoisotopic (exact) mass is 222 g/mol. The average Bonchev–Trinajstić information content (AvgIpc) is 2.31. The number of benzene rings is 1. The molecule has 0 aliphatic carbocycles. The Labute approximate surface area is 94.1 Å². The normalized spacial score (nSPS) is 20.4. The first kappa shape index (κ1) is 11.1. The molecule has 0 bridgehead atoms. The number of aryl methyl sites for hydroxylation is 1. The molecular formula is C12H14O4. The van der Waals surface area contributed by atoms with E-state index >= 15 is 0 Å². The first-order valence-electron chi connectivity index (χ1n) is 5.23. The highest BCUT2D eigenvalue weighted by Gasteiger charge is 2.19. The van der Waals surface area contributed by atoms with Crippen LogP contribution in [0.5, 0.6) is 0 Å². The summed E-state index contributed by atoms with van der Waals surface area (Å²) in [4.78, 5) is 11.7. The molecule has 1 aliphatic rings. The van der Waals surface area contributed by atoms with Crippen molar-refractivity contribution in [1.82, 2.24) is 0 Å². The zero-order chi connectivity index (χ0) is 11.4. The Morgan fingerprint density at radius 2 is 2.06 bits per heavy atom. The Bertz CT molecular complexity index is 352. The van der Waals surface area contributed by atoms with E-state index in [0.29, 0.717) is 25.4 Å². The predicted octanol–water partition coefficient (Wildman–Crippen LogP) is 1.52. The van der Waals surface area contributed by atoms with Crippen LogP contribution in [0.2, 0.25) is 0 Å². The molecule has 0 spiro atoms. The maximum atomic E-state index is 11.7. The third-order valence-electron chi connectivity index (χ3n) is 2.31. The van der Waals surface area contributed by atoms with Gasteiger partial charge >= 0.3 is 5.97 Å². The summed E-state index contributed by atoms with van der Waals surface area (Å²) in [6, 6.07) is 7.21. The summed E-state index contributed by atoms with van der Waals surface area (Å²) in [5, 5.41) is 0. The van der Waals surface area contributed by atoms with Crippen LogP contribution in [0, 0.1) is 6.92 Å². The molecule has 0 amide bonds. The van der Waals surface area contributed by atoms with Gasteiger partial charge in [-0.2, -0.15) is 0 Å². The molecule has 0 aromatic heterocycles. The van der Waals surface area contributed by atoms with E-state index in [-0.39, 0.29) is 5.97 Å². The molecule has 0 N–H and O–H groups in total. The zero-order valence-corrected chi connectivity index (χ0v) is 9.14. The van der Waals surface area contributed by atoms with Crippen LogP contribution < -0.4 is 0 Å². The molecule has 2 rings (SSSR count). The smallest absolute Gasteiger partial charge is 0.340 e. The lowest BCUT2D eigenvalue weighted by atomic mass is 10.1. The first-order chi connectivity index (χ1) is 7.75. The minimum absolute atomic E-state index is 0.303. The maximum absolute atomic E-state index is 11.7. The van der Waals surface area contributed by atoms with Gasteiger partial charge in [0.25, 0.3) is 0 Å². The van der Waals surface area contributed by atoms with E-state index in [0.717, 1.165) is 5.56 Å². The molecule has 1 aliphatic heterocycles. The number of rotatable bonds is 2. The van der Waals surface area contributed by atoms with E-state index < -0.39 is 6.29 Å². The van der Waals surface area contributed by atoms with Gasteiger partial charge in [0.15, 0.2) is 0 Å². The van der Waals surface area contributed by atoms with Crippen LogP contribution >= 0.6 is 0 Å². The van der Waals surface area contributed by atoms with Crippen molar-refractivity contribution in [1.29, 1.82) is 0 Å². The van der Waals surface area contributed by atoms with Gasteiger partial charge in [0.05, 0.1) is 18.8 Å². The number of carbonyl (C=O) groups is 1. The Kier molecular flexibility index (Phi) is 3.54. The van der Waals surface area contributed by atoms with Crippen LogP contribution in [0.4, 0.5) is 0 Å². The standard InChI is InChI=1S/C12H14O4/c1-9-2-4-10(5-3-9)12(13)16-11-8-14-6-7-15-11/h2-5,11H,6-8H2,1H3. The van der Waals surface area contributed by atoms with Crippen LogP contribution in [-0.4, -0.2) is 32.1 Å². The fourth-order valence-electron chi connectivity index (χ4n) is 1.41. The largest absolute Gasteiger partial charge is 0.430 e. The van der Waals surface area contributed by atoms with Gasteiger partial charge in [-0.25, -0.2) is 4.79 Å². The molecule has 4 nitrogen and oxygen atoms in total. The number of esters is 1. The molecule has 1 unspecified atom stereocenters. The van der Waals surface area contributed by atoms with Crippen molar-refractivity contribution in [2.45, 2.75) is 13.2 Å². The van der Waals surface area contributed by atoms with Crippen LogP contribution in [0.1, 0.15) is 15.9 Å². The quantitative estimate of drug-likeness (QED) is 0.712. The Morgan fingerprint density at radius 3 is 2.69 bits per heavy atom. The molecule has 1 aromatic carbocycles. The summed E-state index contributed by atoms with van der Waals surface area (Å²) in [5.41, 5.74) is 1.63. The molecule has 1 saturated heterocycles. The van der Waals surface area contributed by atoms with Gasteiger partial charge in [0, 0.05) is 0 Å². The van der Waals surface area contributed by atoms with Crippen molar-refractivity contribution in [3.63, 3.8) is 0 Å². The van der Waals surface area contributed by atoms with E-state index in [4.69, 9.17) is 14.2 Å². The SMILES string of the molecule is Cc1ccc(C(=O)OC2COCCO2)cc1. The average molecular weight is 222 g/mol. The molecule has 1 atom stereocenters. The summed E-state index contributed by atoms with van der Waals surface area (Å²) in [6.07, 6.45) is -0.581. The number of ether oxygens (including phenoxy) is 3. The van der Waals surface area contributed by atoms with Gasteiger partial charge in [-0.05, 0) is 19.1 Å². The summed E-state index contributed by atoms with van der Waals surface area (Å²) in [6.45, 7) is 3.29. The molecular weight excluding hydrogens is 208 g/mol. The molecule has 0 radical (unpaired) electrons. The van der Waals surface area contributed by atoms with Gasteiger partial charge in [-0.1, -0.05) is 17.7 Å². The fraction of sp³-hybridized carbons (Fsp3) is 0.417. The van der Waals surface area contributed by atoms with E-state index in [2.05, 4.69) is 0 Å². The molecule has 16 heavy (non-hydrogen) atoms. The number of carbonyl (C=O) groups excluding carboxylic acids is 1. The highest BCUT2D eigenvalue weighted by atomic mass is 16.7. The second kappa shape index (κ2) is 5.09. The van der Waals surface area contributed by atoms with E-state index in [1.807, 2.05) is 19.1 Å². The summed E-state index contributed by atoms with van der Waals surface area (Å²) < 4.78 is 15.5. The third-order valence-corrected chi connectivity index (χ3v) is 2.31. The lowest BCUT2D eigenvalue weighted by Crippen LogP contribution is -2.32. The first-order valence-corrected chi connectivity index (χ1v) is 5.23. The predicted molar refractivity (Wildman–Crippen MR) is 57.2 cm³/mol. The van der Waals surface area contributed by atoms with Gasteiger partial charge < -0.3 is 14.2 Å². The molecule has 86 valence electrons. The second-order valence-electron chi connectivity index (χ2n) is 3.65. The van der Waals surface area contributed by atoms with Crippen molar-refractivity contribution >= 4 is 5.97 Å². The topological polar surface area (TPSA) is 44.8 Å². The second-order valence-corrected chi connectivity index (χ2v) is 3.65. The Balaban J connectivity index is 1.94. The number of hydrogen-bond acceptors (Lipinski definition) is 4. The number of hydrogen-bond donors (Lipinski definition) is 0. The summed E-state index contributed by atoms with van der Waals surface area (Å²) in [5.74, 6) is -0.379. The molecule has 0 saturated carbocycles. The van der Waals surface area contributed by atoms with Crippen LogP contribution in [-0.2, 0) is 14.2 Å². The van der Waals surface area contributed by atoms with Crippen molar-refractivity contribution in [2.75, 3.05) is 19.8 Å². The summed E-state index contributed by atoms with van der Waals surface area (Å²) >= 11 is 0. The van der Waals surface area contributed by atoms with Gasteiger partial charge in [-0.3, -0.25) is 0 Å². The van der Waals surface area contributed by atoms with E-state index in [1.165, 1.54) is 0 Å².